The summed E-state index contributed by atoms with van der Waals surface area (Å²) in [6, 6.07) is 3.67. The third-order valence-corrected chi connectivity index (χ3v) is 5.22. The van der Waals surface area contributed by atoms with Crippen LogP contribution in [0.2, 0.25) is 0 Å². The summed E-state index contributed by atoms with van der Waals surface area (Å²) in [7, 11) is 1.31. The van der Waals surface area contributed by atoms with Crippen LogP contribution in [-0.4, -0.2) is 31.9 Å². The second kappa shape index (κ2) is 10.0. The molecular formula is C19H26O6. The van der Waals surface area contributed by atoms with Crippen LogP contribution in [0, 0.1) is 23.7 Å². The van der Waals surface area contributed by atoms with Crippen LogP contribution in [0.4, 0.5) is 0 Å². The van der Waals surface area contributed by atoms with Crippen LogP contribution in [0.1, 0.15) is 38.5 Å². The van der Waals surface area contributed by atoms with Gasteiger partial charge in [0.1, 0.15) is 5.78 Å². The van der Waals surface area contributed by atoms with E-state index in [-0.39, 0.29) is 17.8 Å². The van der Waals surface area contributed by atoms with Crippen LogP contribution in [-0.2, 0) is 23.9 Å². The minimum absolute atomic E-state index is 0.0250. The Kier molecular flexibility index (Phi) is 7.70. The maximum atomic E-state index is 12.0. The van der Waals surface area contributed by atoms with E-state index < -0.39 is 0 Å². The monoisotopic (exact) mass is 350 g/mol. The molecule has 2 saturated carbocycles. The number of carbonyl (C=O) groups is 3. The van der Waals surface area contributed by atoms with E-state index >= 15 is 0 Å². The molecule has 25 heavy (non-hydrogen) atoms. The van der Waals surface area contributed by atoms with Crippen molar-refractivity contribution in [3.05, 3.63) is 24.7 Å². The predicted molar refractivity (Wildman–Crippen MR) is 89.4 cm³/mol. The number of methoxy groups -OCH3 is 1. The fourth-order valence-corrected chi connectivity index (χ4v) is 4.22. The molecule has 6 nitrogen and oxygen atoms in total. The summed E-state index contributed by atoms with van der Waals surface area (Å²) in [5, 5.41) is 0. The molecule has 1 saturated heterocycles. The first-order valence-corrected chi connectivity index (χ1v) is 8.82. The molecule has 1 aromatic rings. The molecule has 1 aromatic heterocycles. The lowest BCUT2D eigenvalue weighted by atomic mass is 9.60. The summed E-state index contributed by atoms with van der Waals surface area (Å²) < 4.78 is 13.6. The van der Waals surface area contributed by atoms with Gasteiger partial charge < -0.3 is 13.9 Å². The smallest absolute Gasteiger partial charge is 0.309 e. The highest BCUT2D eigenvalue weighted by molar-refractivity contribution is 5.84. The molecule has 0 aromatic carbocycles. The van der Waals surface area contributed by atoms with Gasteiger partial charge in [-0.2, -0.15) is 0 Å². The summed E-state index contributed by atoms with van der Waals surface area (Å²) in [4.78, 5) is 32.7. The molecule has 1 aliphatic heterocycles. The lowest BCUT2D eigenvalue weighted by Gasteiger charge is -2.45. The Labute approximate surface area is 147 Å². The molecule has 0 bridgehead atoms. The normalized spacial score (nSPS) is 30.1. The number of esters is 1. The van der Waals surface area contributed by atoms with E-state index in [1.165, 1.54) is 13.5 Å². The van der Waals surface area contributed by atoms with Gasteiger partial charge >= 0.3 is 5.97 Å². The van der Waals surface area contributed by atoms with E-state index in [0.717, 1.165) is 32.1 Å². The molecule has 138 valence electrons. The second-order valence-electron chi connectivity index (χ2n) is 6.57. The molecular weight excluding hydrogens is 324 g/mol. The first-order valence-electron chi connectivity index (χ1n) is 8.82. The Hall–Kier alpha value is -2.11. The fourth-order valence-electron chi connectivity index (χ4n) is 4.22. The molecule has 3 fully saturated rings. The van der Waals surface area contributed by atoms with E-state index in [2.05, 4.69) is 9.15 Å². The van der Waals surface area contributed by atoms with Crippen LogP contribution in [0.15, 0.2) is 29.1 Å². The Morgan fingerprint density at radius 2 is 1.84 bits per heavy atom. The zero-order valence-corrected chi connectivity index (χ0v) is 14.6. The highest BCUT2D eigenvalue weighted by Gasteiger charge is 2.48. The lowest BCUT2D eigenvalue weighted by molar-refractivity contribution is -0.164. The lowest BCUT2D eigenvalue weighted by Crippen LogP contribution is -2.47. The molecule has 4 unspecified atom stereocenters. The largest absolute Gasteiger partial charge is 0.473 e. The molecule has 6 heteroatoms. The highest BCUT2D eigenvalue weighted by atomic mass is 16.5. The van der Waals surface area contributed by atoms with Crippen LogP contribution >= 0.6 is 0 Å². The Morgan fingerprint density at radius 1 is 1.12 bits per heavy atom. The third-order valence-electron chi connectivity index (χ3n) is 5.22. The van der Waals surface area contributed by atoms with E-state index in [4.69, 9.17) is 9.53 Å². The average Bonchev–Trinajstić information content (AvgIpc) is 3.22. The summed E-state index contributed by atoms with van der Waals surface area (Å²) in [5.74, 6) is 1.44. The van der Waals surface area contributed by atoms with Crippen molar-refractivity contribution in [1.82, 2.24) is 0 Å². The summed E-state index contributed by atoms with van der Waals surface area (Å²) in [6.45, 7) is 0.899. The number of hydrogen-bond acceptors (Lipinski definition) is 6. The van der Waals surface area contributed by atoms with Gasteiger partial charge in [-0.05, 0) is 56.1 Å². The molecule has 0 N–H and O–H groups in total. The molecule has 0 radical (unpaired) electrons. The number of ether oxygens (including phenoxy) is 2. The van der Waals surface area contributed by atoms with E-state index in [1.807, 2.05) is 12.1 Å². The average molecular weight is 350 g/mol. The van der Waals surface area contributed by atoms with Gasteiger partial charge in [-0.3, -0.25) is 14.4 Å². The minimum atomic E-state index is -0.0481. The zero-order chi connectivity index (χ0) is 18.1. The maximum Gasteiger partial charge on any atom is 0.309 e. The van der Waals surface area contributed by atoms with Crippen LogP contribution in [0.3, 0.4) is 0 Å². The van der Waals surface area contributed by atoms with Gasteiger partial charge in [0, 0.05) is 12.3 Å². The number of rotatable bonds is 1. The van der Waals surface area contributed by atoms with Gasteiger partial charge in [-0.1, -0.05) is 0 Å². The van der Waals surface area contributed by atoms with Crippen LogP contribution in [0.25, 0.3) is 0 Å². The number of ketones is 1. The Morgan fingerprint density at radius 3 is 2.44 bits per heavy atom. The quantitative estimate of drug-likeness (QED) is 0.572. The summed E-state index contributed by atoms with van der Waals surface area (Å²) in [5.41, 5.74) is 0. The van der Waals surface area contributed by atoms with Crippen molar-refractivity contribution in [2.45, 2.75) is 38.5 Å². The highest BCUT2D eigenvalue weighted by Crippen LogP contribution is 2.47. The maximum absolute atomic E-state index is 12.0. The number of hydrogen-bond donors (Lipinski definition) is 0. The van der Waals surface area contributed by atoms with Crippen molar-refractivity contribution in [3.63, 3.8) is 0 Å². The van der Waals surface area contributed by atoms with E-state index in [1.54, 1.807) is 12.5 Å². The molecule has 0 amide bonds. The molecule has 2 aliphatic carbocycles. The van der Waals surface area contributed by atoms with Crippen LogP contribution in [0.5, 0.6) is 0 Å². The first kappa shape index (κ1) is 19.2. The molecule has 3 aliphatic rings. The van der Waals surface area contributed by atoms with Crippen molar-refractivity contribution in [2.24, 2.45) is 23.7 Å². The first-order chi connectivity index (χ1) is 12.2. The summed E-state index contributed by atoms with van der Waals surface area (Å²) in [6.07, 6.45) is 9.13. The number of Topliss-reactive ketones (excluding diaryl/α,β-unsaturated/α-hetero) is 1. The third kappa shape index (κ3) is 5.18. The zero-order valence-electron chi connectivity index (χ0n) is 14.6. The van der Waals surface area contributed by atoms with Crippen molar-refractivity contribution >= 4 is 18.2 Å². The summed E-state index contributed by atoms with van der Waals surface area (Å²) >= 11 is 0. The molecule has 4 rings (SSSR count). The van der Waals surface area contributed by atoms with E-state index in [9.17, 15) is 9.59 Å². The molecule has 4 atom stereocenters. The van der Waals surface area contributed by atoms with Crippen molar-refractivity contribution in [3.8, 4) is 0 Å². The van der Waals surface area contributed by atoms with Gasteiger partial charge in [0.2, 0.25) is 0 Å². The van der Waals surface area contributed by atoms with Crippen molar-refractivity contribution in [2.75, 3.05) is 13.7 Å². The standard InChI is InChI=1S/C13H18O3.C4H4O.C2H4O2/c14-11-3-1-2-8-4-5-10-9(12(8)11)6-7-16-13(10)15;1-2-4-5-3-1;1-4-2-3/h8-10,12H,1-7H2;1-4H;2H,1H3. The predicted octanol–water partition coefficient (Wildman–Crippen LogP) is 3.01. The SMILES string of the molecule is COC=O.O=C1OCCC2C1CCC1CCCC(=O)C12.c1ccoc1. The minimum Gasteiger partial charge on any atom is -0.473 e. The van der Waals surface area contributed by atoms with Crippen LogP contribution < -0.4 is 0 Å². The number of carbonyl (C=O) groups excluding carboxylic acids is 3. The van der Waals surface area contributed by atoms with Crippen molar-refractivity contribution < 1.29 is 28.3 Å². The van der Waals surface area contributed by atoms with E-state index in [0.29, 0.717) is 30.7 Å². The second-order valence-corrected chi connectivity index (χ2v) is 6.57. The topological polar surface area (TPSA) is 82.8 Å². The number of cyclic esters (lactones) is 1. The van der Waals surface area contributed by atoms with Crippen molar-refractivity contribution in [1.29, 1.82) is 0 Å². The molecule has 2 heterocycles. The van der Waals surface area contributed by atoms with Gasteiger partial charge in [-0.15, -0.1) is 0 Å². The van der Waals surface area contributed by atoms with Gasteiger partial charge in [0.25, 0.3) is 6.47 Å². The Bertz CT molecular complexity index is 521. The number of fused-ring (bicyclic) bond motifs is 3. The fraction of sp³-hybridized carbons (Fsp3) is 0.632. The van der Waals surface area contributed by atoms with Gasteiger partial charge in [0.05, 0.1) is 32.2 Å². The van der Waals surface area contributed by atoms with Gasteiger partial charge in [0.15, 0.2) is 0 Å². The number of furan rings is 1. The van der Waals surface area contributed by atoms with Gasteiger partial charge in [-0.25, -0.2) is 0 Å². The Balaban J connectivity index is 0.000000207. The molecule has 0 spiro atoms.